The fourth-order valence-corrected chi connectivity index (χ4v) is 4.04. The van der Waals surface area contributed by atoms with Crippen LogP contribution in [0.25, 0.3) is 21.1 Å². The molecule has 5 nitrogen and oxygen atoms in total. The number of nitrogens with zero attached hydrogens (tertiary/aromatic N) is 4. The minimum Gasteiger partial charge on any atom is -0.331 e. The summed E-state index contributed by atoms with van der Waals surface area (Å²) in [5, 5.41) is 5.29. The lowest BCUT2D eigenvalue weighted by atomic mass is 10.3. The largest absolute Gasteiger partial charge is 0.331 e. The summed E-state index contributed by atoms with van der Waals surface area (Å²) in [4.78, 5) is 18.3. The minimum absolute atomic E-state index is 0.0840. The molecule has 4 aromatic rings. The van der Waals surface area contributed by atoms with Gasteiger partial charge in [0.15, 0.2) is 0 Å². The van der Waals surface area contributed by atoms with Crippen LogP contribution < -0.4 is 5.56 Å². The monoisotopic (exact) mass is 336 g/mol. The first-order chi connectivity index (χ1) is 11.7. The van der Waals surface area contributed by atoms with E-state index >= 15 is 0 Å². The van der Waals surface area contributed by atoms with E-state index in [0.717, 1.165) is 21.2 Å². The molecule has 0 aliphatic rings. The number of pyridine rings is 1. The molecule has 120 valence electrons. The molecular formula is C18H16N4OS. The zero-order valence-electron chi connectivity index (χ0n) is 13.3. The van der Waals surface area contributed by atoms with Gasteiger partial charge in [0.1, 0.15) is 5.52 Å². The first kappa shape index (κ1) is 14.8. The Bertz CT molecular complexity index is 1100. The fourth-order valence-electron chi connectivity index (χ4n) is 3.02. The molecule has 4 rings (SSSR count). The van der Waals surface area contributed by atoms with Crippen LogP contribution in [0, 0.1) is 6.92 Å². The van der Waals surface area contributed by atoms with E-state index < -0.39 is 0 Å². The van der Waals surface area contributed by atoms with Crippen molar-refractivity contribution in [3.05, 3.63) is 70.2 Å². The summed E-state index contributed by atoms with van der Waals surface area (Å²) in [6.45, 7) is 6.91. The van der Waals surface area contributed by atoms with Gasteiger partial charge in [-0.3, -0.25) is 9.78 Å². The van der Waals surface area contributed by atoms with Crippen molar-refractivity contribution < 1.29 is 0 Å². The molecule has 0 N–H and O–H groups in total. The van der Waals surface area contributed by atoms with Crippen molar-refractivity contribution in [2.24, 2.45) is 0 Å². The number of thiophene rings is 1. The number of hydrogen-bond acceptors (Lipinski definition) is 4. The molecule has 0 aromatic carbocycles. The predicted molar refractivity (Wildman–Crippen MR) is 97.6 cm³/mol. The highest BCUT2D eigenvalue weighted by Gasteiger charge is 2.17. The Hall–Kier alpha value is -2.73. The SMILES string of the molecule is C=CCn1c2cc(C)sc2c2cnn(Cc3cccnc3)c(=O)c21. The molecule has 0 aliphatic carbocycles. The number of hydrogen-bond donors (Lipinski definition) is 0. The van der Waals surface area contributed by atoms with Crippen molar-refractivity contribution in [3.63, 3.8) is 0 Å². The van der Waals surface area contributed by atoms with Crippen LogP contribution in [0.2, 0.25) is 0 Å². The molecule has 0 atom stereocenters. The third kappa shape index (κ3) is 2.27. The van der Waals surface area contributed by atoms with Crippen LogP contribution in [0.4, 0.5) is 0 Å². The van der Waals surface area contributed by atoms with Crippen molar-refractivity contribution in [3.8, 4) is 0 Å². The maximum absolute atomic E-state index is 13.0. The van der Waals surface area contributed by atoms with E-state index in [1.165, 1.54) is 9.56 Å². The second-order valence-corrected chi connectivity index (χ2v) is 6.96. The van der Waals surface area contributed by atoms with Crippen LogP contribution in [0.15, 0.2) is 54.2 Å². The summed E-state index contributed by atoms with van der Waals surface area (Å²) in [6.07, 6.45) is 7.08. The molecule has 0 radical (unpaired) electrons. The normalized spacial score (nSPS) is 11.4. The number of aryl methyl sites for hydroxylation is 1. The van der Waals surface area contributed by atoms with Crippen molar-refractivity contribution >= 4 is 32.5 Å². The Kier molecular flexibility index (Phi) is 3.54. The molecule has 0 amide bonds. The van der Waals surface area contributed by atoms with Gasteiger partial charge >= 0.3 is 0 Å². The van der Waals surface area contributed by atoms with E-state index in [1.807, 2.05) is 22.8 Å². The van der Waals surface area contributed by atoms with Crippen LogP contribution in [-0.4, -0.2) is 19.3 Å². The van der Waals surface area contributed by atoms with E-state index in [-0.39, 0.29) is 5.56 Å². The topological polar surface area (TPSA) is 52.7 Å². The maximum atomic E-state index is 13.0. The molecule has 0 saturated carbocycles. The Balaban J connectivity index is 1.96. The zero-order chi connectivity index (χ0) is 16.7. The highest BCUT2D eigenvalue weighted by Crippen LogP contribution is 2.33. The van der Waals surface area contributed by atoms with E-state index in [4.69, 9.17) is 0 Å². The molecule has 0 saturated heterocycles. The van der Waals surface area contributed by atoms with E-state index in [2.05, 4.69) is 29.7 Å². The predicted octanol–water partition coefficient (Wildman–Crippen LogP) is 3.35. The van der Waals surface area contributed by atoms with Crippen molar-refractivity contribution in [1.29, 1.82) is 0 Å². The number of allylic oxidation sites excluding steroid dienone is 1. The highest BCUT2D eigenvalue weighted by atomic mass is 32.1. The fraction of sp³-hybridized carbons (Fsp3) is 0.167. The Labute approximate surface area is 142 Å². The lowest BCUT2D eigenvalue weighted by Gasteiger charge is -2.07. The molecule has 4 heterocycles. The van der Waals surface area contributed by atoms with Crippen LogP contribution in [0.1, 0.15) is 10.4 Å². The maximum Gasteiger partial charge on any atom is 0.291 e. The van der Waals surface area contributed by atoms with Gasteiger partial charge in [-0.2, -0.15) is 5.10 Å². The molecular weight excluding hydrogens is 320 g/mol. The van der Waals surface area contributed by atoms with Gasteiger partial charge in [-0.15, -0.1) is 17.9 Å². The Morgan fingerprint density at radius 3 is 3.00 bits per heavy atom. The summed E-state index contributed by atoms with van der Waals surface area (Å²) in [6, 6.07) is 5.92. The highest BCUT2D eigenvalue weighted by molar-refractivity contribution is 7.20. The third-order valence-corrected chi connectivity index (χ3v) is 5.10. The van der Waals surface area contributed by atoms with Crippen molar-refractivity contribution in [2.45, 2.75) is 20.0 Å². The summed E-state index contributed by atoms with van der Waals surface area (Å²) >= 11 is 1.69. The third-order valence-electron chi connectivity index (χ3n) is 4.03. The lowest BCUT2D eigenvalue weighted by molar-refractivity contribution is 0.641. The Morgan fingerprint density at radius 1 is 1.38 bits per heavy atom. The van der Waals surface area contributed by atoms with Crippen LogP contribution in [-0.2, 0) is 13.1 Å². The van der Waals surface area contributed by atoms with Crippen LogP contribution >= 0.6 is 11.3 Å². The van der Waals surface area contributed by atoms with Crippen molar-refractivity contribution in [2.75, 3.05) is 0 Å². The molecule has 4 aromatic heterocycles. The minimum atomic E-state index is -0.0840. The second kappa shape index (κ2) is 5.72. The van der Waals surface area contributed by atoms with Gasteiger partial charge < -0.3 is 4.57 Å². The molecule has 0 aliphatic heterocycles. The van der Waals surface area contributed by atoms with Gasteiger partial charge in [0.05, 0.1) is 23.0 Å². The summed E-state index contributed by atoms with van der Waals surface area (Å²) in [5.41, 5.74) is 2.63. The van der Waals surface area contributed by atoms with E-state index in [1.54, 1.807) is 29.9 Å². The smallest absolute Gasteiger partial charge is 0.291 e. The first-order valence-corrected chi connectivity index (χ1v) is 8.49. The quantitative estimate of drug-likeness (QED) is 0.537. The van der Waals surface area contributed by atoms with Gasteiger partial charge in [-0.05, 0) is 24.6 Å². The van der Waals surface area contributed by atoms with Gasteiger partial charge in [-0.1, -0.05) is 12.1 Å². The summed E-state index contributed by atoms with van der Waals surface area (Å²) in [7, 11) is 0. The van der Waals surface area contributed by atoms with Gasteiger partial charge in [0.25, 0.3) is 5.56 Å². The number of aromatic nitrogens is 4. The first-order valence-electron chi connectivity index (χ1n) is 7.67. The average molecular weight is 336 g/mol. The summed E-state index contributed by atoms with van der Waals surface area (Å²) < 4.78 is 4.64. The van der Waals surface area contributed by atoms with Gasteiger partial charge in [-0.25, -0.2) is 4.68 Å². The molecule has 24 heavy (non-hydrogen) atoms. The van der Waals surface area contributed by atoms with E-state index in [0.29, 0.717) is 18.6 Å². The van der Waals surface area contributed by atoms with Crippen molar-refractivity contribution in [1.82, 2.24) is 19.3 Å². The number of fused-ring (bicyclic) bond motifs is 3. The van der Waals surface area contributed by atoms with Gasteiger partial charge in [0, 0.05) is 29.2 Å². The van der Waals surface area contributed by atoms with Crippen LogP contribution in [0.3, 0.4) is 0 Å². The molecule has 0 fully saturated rings. The van der Waals surface area contributed by atoms with E-state index in [9.17, 15) is 4.79 Å². The molecule has 0 unspecified atom stereocenters. The second-order valence-electron chi connectivity index (χ2n) is 5.70. The van der Waals surface area contributed by atoms with Gasteiger partial charge in [0.2, 0.25) is 0 Å². The van der Waals surface area contributed by atoms with Crippen LogP contribution in [0.5, 0.6) is 0 Å². The molecule has 6 heteroatoms. The lowest BCUT2D eigenvalue weighted by Crippen LogP contribution is -2.25. The average Bonchev–Trinajstić information content (AvgIpc) is 3.09. The Morgan fingerprint density at radius 2 is 2.25 bits per heavy atom. The standard InChI is InChI=1S/C18H16N4OS/c1-3-7-21-15-8-12(2)24-17(15)14-10-20-22(18(23)16(14)21)11-13-5-4-6-19-9-13/h3-6,8-10H,1,7,11H2,2H3. The zero-order valence-corrected chi connectivity index (χ0v) is 14.1. The number of rotatable bonds is 4. The molecule has 0 bridgehead atoms. The molecule has 0 spiro atoms. The summed E-state index contributed by atoms with van der Waals surface area (Å²) in [5.74, 6) is 0.